The molecule has 0 saturated carbocycles. The van der Waals surface area contributed by atoms with Crippen molar-refractivity contribution >= 4 is 50.4 Å². The van der Waals surface area contributed by atoms with Crippen LogP contribution in [0.1, 0.15) is 11.1 Å². The van der Waals surface area contributed by atoms with Crippen molar-refractivity contribution in [3.05, 3.63) is 71.8 Å². The molecule has 2 aliphatic heterocycles. The van der Waals surface area contributed by atoms with Crippen molar-refractivity contribution in [3.63, 3.8) is 0 Å². The predicted octanol–water partition coefficient (Wildman–Crippen LogP) is 3.44. The number of nitrogens with zero attached hydrogens (tertiary/aromatic N) is 3. The molecular weight excluding hydrogens is 464 g/mol. The van der Waals surface area contributed by atoms with Crippen LogP contribution in [0.2, 0.25) is 0 Å². The summed E-state index contributed by atoms with van der Waals surface area (Å²) in [7, 11) is -2.73. The van der Waals surface area contributed by atoms with Gasteiger partial charge in [0.25, 0.3) is 5.91 Å². The van der Waals surface area contributed by atoms with Crippen LogP contribution in [0.3, 0.4) is 0 Å². The molecule has 2 aromatic carbocycles. The van der Waals surface area contributed by atoms with Gasteiger partial charge in [0.2, 0.25) is 0 Å². The van der Waals surface area contributed by atoms with Crippen molar-refractivity contribution in [2.45, 2.75) is 11.3 Å². The second kappa shape index (κ2) is 9.04. The number of fused-ring (bicyclic) bond motifs is 1. The number of amides is 1. The summed E-state index contributed by atoms with van der Waals surface area (Å²) >= 11 is 1.15. The van der Waals surface area contributed by atoms with Gasteiger partial charge < -0.3 is 8.92 Å². The quantitative estimate of drug-likeness (QED) is 0.364. The van der Waals surface area contributed by atoms with Gasteiger partial charge in [-0.25, -0.2) is 0 Å². The maximum atomic E-state index is 12.8. The van der Waals surface area contributed by atoms with Gasteiger partial charge in [0, 0.05) is 5.56 Å². The first kappa shape index (κ1) is 22.5. The topological polar surface area (TPSA) is 121 Å². The number of aliphatic imine (C=N–C) groups is 1. The summed E-state index contributed by atoms with van der Waals surface area (Å²) in [5, 5.41) is 13.9. The van der Waals surface area contributed by atoms with Gasteiger partial charge in [0.1, 0.15) is 4.90 Å². The fourth-order valence-electron chi connectivity index (χ4n) is 3.17. The molecule has 2 aromatic rings. The number of rotatable bonds is 7. The molecule has 0 bridgehead atoms. The Morgan fingerprint density at radius 3 is 2.70 bits per heavy atom. The molecule has 11 heteroatoms. The minimum atomic E-state index is -4.11. The highest BCUT2D eigenvalue weighted by Gasteiger charge is 2.32. The molecule has 0 aliphatic carbocycles. The Hall–Kier alpha value is -3.70. The van der Waals surface area contributed by atoms with Crippen LogP contribution in [0.15, 0.2) is 75.7 Å². The van der Waals surface area contributed by atoms with Gasteiger partial charge in [-0.05, 0) is 54.1 Å². The van der Waals surface area contributed by atoms with Crippen LogP contribution in [0.5, 0.6) is 11.5 Å². The lowest BCUT2D eigenvalue weighted by atomic mass is 10.0. The summed E-state index contributed by atoms with van der Waals surface area (Å²) < 4.78 is 36.5. The number of hydrogen-bond donors (Lipinski definition) is 1. The van der Waals surface area contributed by atoms with E-state index in [0.29, 0.717) is 16.3 Å². The highest BCUT2D eigenvalue weighted by atomic mass is 32.2. The molecule has 1 N–H and O–H groups in total. The third kappa shape index (κ3) is 4.45. The molecule has 4 rings (SSSR count). The second-order valence-electron chi connectivity index (χ2n) is 6.81. The lowest BCUT2D eigenvalue weighted by Crippen LogP contribution is -2.35. The molecule has 9 nitrogen and oxygen atoms in total. The van der Waals surface area contributed by atoms with Crippen molar-refractivity contribution in [3.8, 4) is 11.5 Å². The molecule has 168 valence electrons. The van der Waals surface area contributed by atoms with E-state index in [0.717, 1.165) is 11.8 Å². The number of carbonyl (C=O) groups is 1. The molecule has 1 amide bonds. The normalized spacial score (nSPS) is 16.6. The Labute approximate surface area is 194 Å². The summed E-state index contributed by atoms with van der Waals surface area (Å²) in [5.74, 6) is -0.508. The maximum Gasteiger partial charge on any atom is 0.339 e. The van der Waals surface area contributed by atoms with E-state index < -0.39 is 16.0 Å². The molecule has 0 fully saturated rings. The van der Waals surface area contributed by atoms with Crippen molar-refractivity contribution in [2.75, 3.05) is 7.11 Å². The fraction of sp³-hybridized carbons (Fsp3) is 0.0909. The monoisotopic (exact) mass is 482 g/mol. The van der Waals surface area contributed by atoms with Crippen LogP contribution in [-0.4, -0.2) is 43.0 Å². The van der Waals surface area contributed by atoms with Crippen molar-refractivity contribution in [1.29, 1.82) is 5.41 Å². The molecule has 2 heterocycles. The minimum Gasteiger partial charge on any atom is -0.493 e. The Bertz CT molecular complexity index is 1350. The smallest absolute Gasteiger partial charge is 0.339 e. The SMILES string of the molecule is C=CCc1cc(C=C2C(=N)N3N=CSC3=NC2=O)cc(OC)c1OS(=O)(=O)c1ccccc1. The average molecular weight is 483 g/mol. The molecule has 0 unspecified atom stereocenters. The van der Waals surface area contributed by atoms with E-state index in [4.69, 9.17) is 14.3 Å². The number of benzene rings is 2. The van der Waals surface area contributed by atoms with E-state index in [9.17, 15) is 13.2 Å². The Kier molecular flexibility index (Phi) is 6.16. The Morgan fingerprint density at radius 2 is 2.00 bits per heavy atom. The van der Waals surface area contributed by atoms with Crippen LogP contribution >= 0.6 is 11.8 Å². The van der Waals surface area contributed by atoms with Gasteiger partial charge in [0.15, 0.2) is 22.5 Å². The van der Waals surface area contributed by atoms with Crippen molar-refractivity contribution in [2.24, 2.45) is 10.1 Å². The molecule has 0 saturated heterocycles. The van der Waals surface area contributed by atoms with E-state index >= 15 is 0 Å². The zero-order chi connectivity index (χ0) is 23.6. The first-order valence-electron chi connectivity index (χ1n) is 9.58. The standard InChI is InChI=1S/C22H18N4O5S2/c1-3-7-15-10-14(11-17-20(23)26-22(25-21(17)27)32-13-24-26)12-18(30-2)19(15)31-33(28,29)16-8-5-4-6-9-16/h3-6,8-13,23H,1,7H2,2H3. The van der Waals surface area contributed by atoms with Gasteiger partial charge in [-0.3, -0.25) is 10.2 Å². The number of hydrogen-bond acceptors (Lipinski definition) is 8. The van der Waals surface area contributed by atoms with Gasteiger partial charge >= 0.3 is 10.1 Å². The summed E-state index contributed by atoms with van der Waals surface area (Å²) in [6.45, 7) is 3.72. The van der Waals surface area contributed by atoms with Crippen molar-refractivity contribution in [1.82, 2.24) is 5.01 Å². The Balaban J connectivity index is 1.77. The highest BCUT2D eigenvalue weighted by Crippen LogP contribution is 2.37. The lowest BCUT2D eigenvalue weighted by Gasteiger charge is -2.20. The van der Waals surface area contributed by atoms with E-state index in [2.05, 4.69) is 16.7 Å². The van der Waals surface area contributed by atoms with Crippen LogP contribution < -0.4 is 8.92 Å². The summed E-state index contributed by atoms with van der Waals surface area (Å²) in [6, 6.07) is 10.9. The van der Waals surface area contributed by atoms with Gasteiger partial charge in [-0.1, -0.05) is 24.3 Å². The third-order valence-corrected chi connectivity index (χ3v) is 6.58. The van der Waals surface area contributed by atoms with Crippen LogP contribution in [0, 0.1) is 5.41 Å². The van der Waals surface area contributed by atoms with E-state index in [1.54, 1.807) is 30.3 Å². The van der Waals surface area contributed by atoms with Crippen molar-refractivity contribution < 1.29 is 22.1 Å². The maximum absolute atomic E-state index is 12.8. The number of allylic oxidation sites excluding steroid dienone is 1. The molecule has 0 atom stereocenters. The van der Waals surface area contributed by atoms with Crippen LogP contribution in [0.4, 0.5) is 0 Å². The number of methoxy groups -OCH3 is 1. The zero-order valence-electron chi connectivity index (χ0n) is 17.4. The number of thioether (sulfide) groups is 1. The fourth-order valence-corrected chi connectivity index (χ4v) is 4.77. The molecule has 2 aliphatic rings. The van der Waals surface area contributed by atoms with Gasteiger partial charge in [0.05, 0.1) is 18.2 Å². The third-order valence-electron chi connectivity index (χ3n) is 4.67. The molecule has 0 radical (unpaired) electrons. The molecule has 33 heavy (non-hydrogen) atoms. The minimum absolute atomic E-state index is 0.00162. The second-order valence-corrected chi connectivity index (χ2v) is 9.17. The number of ether oxygens (including phenoxy) is 1. The summed E-state index contributed by atoms with van der Waals surface area (Å²) in [5.41, 5.74) is 2.50. The predicted molar refractivity (Wildman–Crippen MR) is 127 cm³/mol. The lowest BCUT2D eigenvalue weighted by molar-refractivity contribution is -0.114. The van der Waals surface area contributed by atoms with Gasteiger partial charge in [-0.15, -0.1) is 6.58 Å². The molecular formula is C22H18N4O5S2. The summed E-state index contributed by atoms with van der Waals surface area (Å²) in [4.78, 5) is 16.4. The largest absolute Gasteiger partial charge is 0.493 e. The number of nitrogens with one attached hydrogen (secondary N) is 1. The first-order valence-corrected chi connectivity index (χ1v) is 11.9. The Morgan fingerprint density at radius 1 is 1.24 bits per heavy atom. The number of amidine groups is 2. The highest BCUT2D eigenvalue weighted by molar-refractivity contribution is 8.25. The van der Waals surface area contributed by atoms with Crippen LogP contribution in [-0.2, 0) is 21.3 Å². The summed E-state index contributed by atoms with van der Waals surface area (Å²) in [6.07, 6.45) is 3.34. The van der Waals surface area contributed by atoms with E-state index in [-0.39, 0.29) is 34.2 Å². The first-order chi connectivity index (χ1) is 15.8. The number of hydrazone groups is 1. The average Bonchev–Trinajstić information content (AvgIpc) is 3.27. The van der Waals surface area contributed by atoms with Crippen LogP contribution in [0.25, 0.3) is 6.08 Å². The molecule has 0 aromatic heterocycles. The molecule has 0 spiro atoms. The van der Waals surface area contributed by atoms with E-state index in [1.165, 1.54) is 41.9 Å². The number of carbonyl (C=O) groups excluding carboxylic acids is 1. The van der Waals surface area contributed by atoms with E-state index in [1.807, 2.05) is 0 Å². The zero-order valence-corrected chi connectivity index (χ0v) is 19.0. The van der Waals surface area contributed by atoms with Gasteiger partial charge in [-0.2, -0.15) is 23.5 Å².